The minimum absolute atomic E-state index is 0.149. The summed E-state index contributed by atoms with van der Waals surface area (Å²) in [4.78, 5) is 0. The van der Waals surface area contributed by atoms with Crippen molar-refractivity contribution < 1.29 is 18.3 Å². The normalized spacial score (nSPS) is 24.1. The van der Waals surface area contributed by atoms with Crippen molar-refractivity contribution >= 4 is 0 Å². The van der Waals surface area contributed by atoms with Gasteiger partial charge in [-0.2, -0.15) is 8.78 Å². The van der Waals surface area contributed by atoms with Crippen LogP contribution in [0.4, 0.5) is 8.78 Å². The van der Waals surface area contributed by atoms with Crippen molar-refractivity contribution in [1.29, 1.82) is 0 Å². The third-order valence-electron chi connectivity index (χ3n) is 3.82. The summed E-state index contributed by atoms with van der Waals surface area (Å²) in [6.07, 6.45) is 3.63. The van der Waals surface area contributed by atoms with Crippen molar-refractivity contribution in [2.45, 2.75) is 51.0 Å². The lowest BCUT2D eigenvalue weighted by atomic mass is 10.1. The molecule has 1 fully saturated rings. The predicted octanol–water partition coefficient (Wildman–Crippen LogP) is 3.51. The smallest absolute Gasteiger partial charge is 0.387 e. The number of methoxy groups -OCH3 is 1. The minimum Gasteiger partial charge on any atom is -0.435 e. The van der Waals surface area contributed by atoms with Crippen LogP contribution in [-0.2, 0) is 4.74 Å². The van der Waals surface area contributed by atoms with Crippen LogP contribution in [0.5, 0.6) is 5.75 Å². The summed E-state index contributed by atoms with van der Waals surface area (Å²) in [6, 6.07) is 7.27. The molecule has 1 saturated carbocycles. The van der Waals surface area contributed by atoms with Gasteiger partial charge in [0.15, 0.2) is 0 Å². The zero-order valence-corrected chi connectivity index (χ0v) is 11.8. The molecule has 1 aromatic rings. The Balaban J connectivity index is 1.93. The van der Waals surface area contributed by atoms with Gasteiger partial charge in [-0.05, 0) is 43.9 Å². The fourth-order valence-corrected chi connectivity index (χ4v) is 2.75. The predicted molar refractivity (Wildman–Crippen MR) is 73.1 cm³/mol. The molecule has 2 rings (SSSR count). The Hall–Kier alpha value is -1.20. The van der Waals surface area contributed by atoms with Crippen LogP contribution < -0.4 is 10.1 Å². The molecule has 3 nitrogen and oxygen atoms in total. The summed E-state index contributed by atoms with van der Waals surface area (Å²) in [5, 5.41) is 3.54. The van der Waals surface area contributed by atoms with Gasteiger partial charge in [0.1, 0.15) is 5.75 Å². The molecule has 0 bridgehead atoms. The third-order valence-corrected chi connectivity index (χ3v) is 3.82. The first kappa shape index (κ1) is 15.2. The third kappa shape index (κ3) is 3.90. The molecular weight excluding hydrogens is 264 g/mol. The maximum absolute atomic E-state index is 12.1. The second-order valence-corrected chi connectivity index (χ2v) is 5.15. The lowest BCUT2D eigenvalue weighted by Gasteiger charge is -2.24. The van der Waals surface area contributed by atoms with Gasteiger partial charge in [0.05, 0.1) is 6.10 Å². The van der Waals surface area contributed by atoms with Crippen LogP contribution in [0.15, 0.2) is 24.3 Å². The maximum Gasteiger partial charge on any atom is 0.387 e. The molecule has 3 unspecified atom stereocenters. The highest BCUT2D eigenvalue weighted by Crippen LogP contribution is 2.25. The van der Waals surface area contributed by atoms with E-state index in [0.717, 1.165) is 18.4 Å². The molecule has 0 radical (unpaired) electrons. The van der Waals surface area contributed by atoms with Crippen molar-refractivity contribution in [3.8, 4) is 5.75 Å². The van der Waals surface area contributed by atoms with Crippen LogP contribution >= 0.6 is 0 Å². The largest absolute Gasteiger partial charge is 0.435 e. The molecule has 5 heteroatoms. The quantitative estimate of drug-likeness (QED) is 0.867. The van der Waals surface area contributed by atoms with Crippen LogP contribution in [-0.4, -0.2) is 25.9 Å². The van der Waals surface area contributed by atoms with Crippen LogP contribution in [0.1, 0.15) is 37.8 Å². The Bertz CT molecular complexity index is 411. The number of alkyl halides is 2. The van der Waals surface area contributed by atoms with E-state index < -0.39 is 6.61 Å². The molecule has 0 saturated heterocycles. The molecule has 20 heavy (non-hydrogen) atoms. The summed E-state index contributed by atoms with van der Waals surface area (Å²) < 4.78 is 34.0. The van der Waals surface area contributed by atoms with Crippen LogP contribution in [0.3, 0.4) is 0 Å². The molecular formula is C15H21F2NO2. The summed E-state index contributed by atoms with van der Waals surface area (Å²) in [5.41, 5.74) is 1.05. The lowest BCUT2D eigenvalue weighted by molar-refractivity contribution is -0.0498. The molecule has 1 aliphatic rings. The van der Waals surface area contributed by atoms with E-state index in [0.29, 0.717) is 6.04 Å². The van der Waals surface area contributed by atoms with E-state index >= 15 is 0 Å². The molecule has 1 N–H and O–H groups in total. The summed E-state index contributed by atoms with van der Waals surface area (Å²) >= 11 is 0. The summed E-state index contributed by atoms with van der Waals surface area (Å²) in [5.74, 6) is 0.187. The number of ether oxygens (including phenoxy) is 2. The van der Waals surface area contributed by atoms with E-state index in [1.807, 2.05) is 12.1 Å². The van der Waals surface area contributed by atoms with Crippen molar-refractivity contribution in [1.82, 2.24) is 5.32 Å². The van der Waals surface area contributed by atoms with Crippen LogP contribution in [0.2, 0.25) is 0 Å². The molecule has 3 atom stereocenters. The highest BCUT2D eigenvalue weighted by molar-refractivity contribution is 5.29. The average molecular weight is 285 g/mol. The molecule has 0 amide bonds. The van der Waals surface area contributed by atoms with Crippen molar-refractivity contribution in [3.05, 3.63) is 29.8 Å². The number of hydrogen-bond acceptors (Lipinski definition) is 3. The first-order valence-corrected chi connectivity index (χ1v) is 6.93. The standard InChI is InChI=1S/C15H21F2NO2/c1-10(18-13-4-3-5-14(13)19-2)11-6-8-12(9-7-11)20-15(16)17/h6-10,13-15,18H,3-5H2,1-2H3. The molecule has 0 spiro atoms. The van der Waals surface area contributed by atoms with Crippen molar-refractivity contribution in [3.63, 3.8) is 0 Å². The molecule has 0 heterocycles. The SMILES string of the molecule is COC1CCCC1NC(C)c1ccc(OC(F)F)cc1. The Morgan fingerprint density at radius 2 is 1.90 bits per heavy atom. The van der Waals surface area contributed by atoms with Gasteiger partial charge in [-0.1, -0.05) is 12.1 Å². The number of hydrogen-bond donors (Lipinski definition) is 1. The zero-order valence-electron chi connectivity index (χ0n) is 11.8. The summed E-state index contributed by atoms with van der Waals surface area (Å²) in [6.45, 7) is -0.717. The Morgan fingerprint density at radius 3 is 2.50 bits per heavy atom. The number of benzene rings is 1. The van der Waals surface area contributed by atoms with Gasteiger partial charge in [-0.25, -0.2) is 0 Å². The Morgan fingerprint density at radius 1 is 1.20 bits per heavy atom. The van der Waals surface area contributed by atoms with Crippen molar-refractivity contribution in [2.24, 2.45) is 0 Å². The van der Waals surface area contributed by atoms with Crippen LogP contribution in [0, 0.1) is 0 Å². The topological polar surface area (TPSA) is 30.5 Å². The highest BCUT2D eigenvalue weighted by atomic mass is 19.3. The highest BCUT2D eigenvalue weighted by Gasteiger charge is 2.28. The fraction of sp³-hybridized carbons (Fsp3) is 0.600. The molecule has 0 aliphatic heterocycles. The first-order valence-electron chi connectivity index (χ1n) is 6.93. The second kappa shape index (κ2) is 6.99. The van der Waals surface area contributed by atoms with Gasteiger partial charge in [-0.15, -0.1) is 0 Å². The number of nitrogens with one attached hydrogen (secondary N) is 1. The van der Waals surface area contributed by atoms with E-state index in [1.165, 1.54) is 6.42 Å². The zero-order chi connectivity index (χ0) is 14.5. The van der Waals surface area contributed by atoms with Gasteiger partial charge in [0.2, 0.25) is 0 Å². The van der Waals surface area contributed by atoms with Gasteiger partial charge in [0, 0.05) is 19.2 Å². The molecule has 1 aromatic carbocycles. The van der Waals surface area contributed by atoms with Gasteiger partial charge >= 0.3 is 6.61 Å². The Kier molecular flexibility index (Phi) is 5.31. The lowest BCUT2D eigenvalue weighted by Crippen LogP contribution is -2.38. The van der Waals surface area contributed by atoms with Gasteiger partial charge in [-0.3, -0.25) is 0 Å². The van der Waals surface area contributed by atoms with E-state index in [4.69, 9.17) is 4.74 Å². The fourth-order valence-electron chi connectivity index (χ4n) is 2.75. The summed E-state index contributed by atoms with van der Waals surface area (Å²) in [7, 11) is 1.74. The monoisotopic (exact) mass is 285 g/mol. The minimum atomic E-state index is -2.78. The van der Waals surface area contributed by atoms with Crippen LogP contribution in [0.25, 0.3) is 0 Å². The van der Waals surface area contributed by atoms with E-state index in [1.54, 1.807) is 19.2 Å². The van der Waals surface area contributed by atoms with E-state index in [2.05, 4.69) is 17.0 Å². The first-order chi connectivity index (χ1) is 9.60. The maximum atomic E-state index is 12.1. The van der Waals surface area contributed by atoms with Gasteiger partial charge < -0.3 is 14.8 Å². The van der Waals surface area contributed by atoms with Gasteiger partial charge in [0.25, 0.3) is 0 Å². The number of rotatable bonds is 6. The van der Waals surface area contributed by atoms with E-state index in [9.17, 15) is 8.78 Å². The number of halogens is 2. The van der Waals surface area contributed by atoms with Crippen molar-refractivity contribution in [2.75, 3.05) is 7.11 Å². The Labute approximate surface area is 118 Å². The molecule has 1 aliphatic carbocycles. The van der Waals surface area contributed by atoms with E-state index in [-0.39, 0.29) is 17.9 Å². The second-order valence-electron chi connectivity index (χ2n) is 5.15. The molecule has 112 valence electrons. The molecule has 0 aromatic heterocycles. The average Bonchev–Trinajstić information content (AvgIpc) is 2.86.